The van der Waals surface area contributed by atoms with Crippen LogP contribution in [-0.4, -0.2) is 54.6 Å². The maximum atomic E-state index is 11.1. The van der Waals surface area contributed by atoms with Crippen molar-refractivity contribution >= 4 is 28.9 Å². The standard InChI is InChI=1S/C31H30Cl2N2O8/c1-40-25-7-5-15(9-27(25)42-3)29(17-11-19(32)23(38)13-21(17)36)31(35-34)30(18-12-20(33)24(39)14-22(18)37)16-6-8-26(41-2)28(10-16)43-4/h5-14,29-30,36-39H,34H2,1-4H3. The van der Waals surface area contributed by atoms with Gasteiger partial charge in [0, 0.05) is 23.3 Å². The molecule has 226 valence electrons. The molecule has 4 aromatic rings. The van der Waals surface area contributed by atoms with Crippen LogP contribution in [0, 0.1) is 0 Å². The summed E-state index contributed by atoms with van der Waals surface area (Å²) in [6.45, 7) is 0. The minimum absolute atomic E-state index is 0.0344. The summed E-state index contributed by atoms with van der Waals surface area (Å²) in [6, 6.07) is 15.2. The van der Waals surface area contributed by atoms with E-state index in [1.807, 2.05) is 0 Å². The summed E-state index contributed by atoms with van der Waals surface area (Å²) in [7, 11) is 5.95. The highest BCUT2D eigenvalue weighted by Crippen LogP contribution is 2.47. The number of hydrogen-bond donors (Lipinski definition) is 5. The quantitative estimate of drug-likeness (QED) is 0.0791. The average Bonchev–Trinajstić information content (AvgIpc) is 3.00. The zero-order chi connectivity index (χ0) is 31.4. The molecular weight excluding hydrogens is 599 g/mol. The van der Waals surface area contributed by atoms with Crippen molar-refractivity contribution in [3.63, 3.8) is 0 Å². The summed E-state index contributed by atoms with van der Waals surface area (Å²) in [5.41, 5.74) is 1.74. The fourth-order valence-corrected chi connectivity index (χ4v) is 5.34. The molecule has 0 fully saturated rings. The van der Waals surface area contributed by atoms with Crippen LogP contribution in [0.3, 0.4) is 0 Å². The van der Waals surface area contributed by atoms with Crippen molar-refractivity contribution in [1.82, 2.24) is 0 Å². The van der Waals surface area contributed by atoms with E-state index in [4.69, 9.17) is 48.0 Å². The van der Waals surface area contributed by atoms with Gasteiger partial charge in [0.25, 0.3) is 0 Å². The Morgan fingerprint density at radius 2 is 0.953 bits per heavy atom. The Balaban J connectivity index is 2.10. The summed E-state index contributed by atoms with van der Waals surface area (Å²) in [5.74, 6) is 4.64. The van der Waals surface area contributed by atoms with Crippen LogP contribution in [0.4, 0.5) is 0 Å². The lowest BCUT2D eigenvalue weighted by atomic mass is 9.75. The van der Waals surface area contributed by atoms with Crippen LogP contribution in [0.25, 0.3) is 0 Å². The summed E-state index contributed by atoms with van der Waals surface area (Å²) in [5, 5.41) is 46.8. The van der Waals surface area contributed by atoms with E-state index in [0.29, 0.717) is 34.1 Å². The van der Waals surface area contributed by atoms with Gasteiger partial charge in [-0.15, -0.1) is 0 Å². The molecule has 43 heavy (non-hydrogen) atoms. The first-order valence-corrected chi connectivity index (χ1v) is 13.5. The number of halogens is 2. The van der Waals surface area contributed by atoms with Crippen LogP contribution >= 0.6 is 23.2 Å². The maximum Gasteiger partial charge on any atom is 0.161 e. The molecule has 0 bridgehead atoms. The molecular formula is C31H30Cl2N2O8. The van der Waals surface area contributed by atoms with Gasteiger partial charge in [0.2, 0.25) is 0 Å². The highest BCUT2D eigenvalue weighted by atomic mass is 35.5. The first kappa shape index (κ1) is 31.3. The fraction of sp³-hybridized carbons (Fsp3) is 0.194. The normalized spacial score (nSPS) is 12.2. The highest BCUT2D eigenvalue weighted by molar-refractivity contribution is 6.32. The maximum absolute atomic E-state index is 11.1. The van der Waals surface area contributed by atoms with Crippen molar-refractivity contribution in [3.05, 3.63) is 93.0 Å². The van der Waals surface area contributed by atoms with E-state index in [2.05, 4.69) is 5.10 Å². The minimum atomic E-state index is -0.951. The van der Waals surface area contributed by atoms with Gasteiger partial charge in [-0.05, 0) is 47.5 Å². The SMILES string of the molecule is COc1ccc(C(C(=NN)C(c2ccc(OC)c(OC)c2)c2cc(Cl)c(O)cc2O)c2cc(Cl)c(O)cc2O)cc1OC. The zero-order valence-corrected chi connectivity index (χ0v) is 25.1. The molecule has 0 aliphatic rings. The van der Waals surface area contributed by atoms with Crippen molar-refractivity contribution < 1.29 is 39.4 Å². The van der Waals surface area contributed by atoms with Crippen molar-refractivity contribution in [2.24, 2.45) is 10.9 Å². The van der Waals surface area contributed by atoms with Gasteiger partial charge in [-0.25, -0.2) is 0 Å². The number of nitrogens with zero attached hydrogens (tertiary/aromatic N) is 1. The van der Waals surface area contributed by atoms with Gasteiger partial charge in [-0.2, -0.15) is 5.10 Å². The van der Waals surface area contributed by atoms with Crippen molar-refractivity contribution in [3.8, 4) is 46.0 Å². The second kappa shape index (κ2) is 13.1. The monoisotopic (exact) mass is 628 g/mol. The van der Waals surface area contributed by atoms with E-state index < -0.39 is 11.8 Å². The largest absolute Gasteiger partial charge is 0.507 e. The van der Waals surface area contributed by atoms with Gasteiger partial charge in [0.1, 0.15) is 23.0 Å². The lowest BCUT2D eigenvalue weighted by Gasteiger charge is -2.29. The number of aromatic hydroxyl groups is 4. The Hall–Kier alpha value is -4.67. The molecule has 2 atom stereocenters. The number of phenols is 4. The third-order valence-electron chi connectivity index (χ3n) is 7.04. The molecule has 4 aromatic carbocycles. The molecule has 4 rings (SSSR count). The number of hydrazone groups is 1. The van der Waals surface area contributed by atoms with Gasteiger partial charge >= 0.3 is 0 Å². The lowest BCUT2D eigenvalue weighted by Crippen LogP contribution is -2.25. The molecule has 12 heteroatoms. The van der Waals surface area contributed by atoms with E-state index in [0.717, 1.165) is 12.1 Å². The van der Waals surface area contributed by atoms with E-state index >= 15 is 0 Å². The van der Waals surface area contributed by atoms with E-state index in [-0.39, 0.29) is 49.9 Å². The number of benzene rings is 4. The van der Waals surface area contributed by atoms with Gasteiger partial charge in [0.05, 0.1) is 56.0 Å². The summed E-state index contributed by atoms with van der Waals surface area (Å²) < 4.78 is 21.9. The van der Waals surface area contributed by atoms with Gasteiger partial charge in [-0.3, -0.25) is 0 Å². The zero-order valence-electron chi connectivity index (χ0n) is 23.6. The summed E-state index contributed by atoms with van der Waals surface area (Å²) in [4.78, 5) is 0. The summed E-state index contributed by atoms with van der Waals surface area (Å²) >= 11 is 12.7. The van der Waals surface area contributed by atoms with Crippen LogP contribution in [0.2, 0.25) is 10.0 Å². The molecule has 0 radical (unpaired) electrons. The van der Waals surface area contributed by atoms with E-state index in [9.17, 15) is 20.4 Å². The molecule has 0 heterocycles. The molecule has 0 saturated heterocycles. The molecule has 0 amide bonds. The smallest absolute Gasteiger partial charge is 0.161 e. The van der Waals surface area contributed by atoms with Gasteiger partial charge in [-0.1, -0.05) is 35.3 Å². The highest BCUT2D eigenvalue weighted by Gasteiger charge is 2.35. The van der Waals surface area contributed by atoms with Crippen LogP contribution in [0.1, 0.15) is 34.1 Å². The Morgan fingerprint density at radius 1 is 0.581 bits per heavy atom. The predicted molar refractivity (Wildman–Crippen MR) is 164 cm³/mol. The van der Waals surface area contributed by atoms with Crippen LogP contribution in [0.15, 0.2) is 65.8 Å². The molecule has 0 saturated carbocycles. The third kappa shape index (κ3) is 6.11. The van der Waals surface area contributed by atoms with E-state index in [1.165, 1.54) is 40.6 Å². The van der Waals surface area contributed by atoms with Gasteiger partial charge < -0.3 is 45.2 Å². The summed E-state index contributed by atoms with van der Waals surface area (Å²) in [6.07, 6.45) is 0. The fourth-order valence-electron chi connectivity index (χ4n) is 4.99. The van der Waals surface area contributed by atoms with Crippen molar-refractivity contribution in [2.75, 3.05) is 28.4 Å². The number of phenolic OH excluding ortho intramolecular Hbond substituents is 4. The second-order valence-electron chi connectivity index (χ2n) is 9.37. The molecule has 2 unspecified atom stereocenters. The molecule has 0 spiro atoms. The Labute approximate surface area is 258 Å². The lowest BCUT2D eigenvalue weighted by molar-refractivity contribution is 0.354. The Morgan fingerprint density at radius 3 is 1.28 bits per heavy atom. The van der Waals surface area contributed by atoms with Crippen LogP contribution in [-0.2, 0) is 0 Å². The average molecular weight is 629 g/mol. The van der Waals surface area contributed by atoms with E-state index in [1.54, 1.807) is 36.4 Å². The number of rotatable bonds is 10. The Kier molecular flexibility index (Phi) is 9.53. The molecule has 0 aliphatic carbocycles. The molecule has 6 N–H and O–H groups in total. The van der Waals surface area contributed by atoms with Crippen LogP contribution < -0.4 is 24.8 Å². The first-order valence-electron chi connectivity index (χ1n) is 12.7. The third-order valence-corrected chi connectivity index (χ3v) is 7.64. The van der Waals surface area contributed by atoms with Crippen molar-refractivity contribution in [1.29, 1.82) is 0 Å². The number of ether oxygens (including phenoxy) is 4. The first-order chi connectivity index (χ1) is 20.6. The number of methoxy groups -OCH3 is 4. The molecule has 0 aromatic heterocycles. The van der Waals surface area contributed by atoms with Crippen molar-refractivity contribution in [2.45, 2.75) is 11.8 Å². The van der Waals surface area contributed by atoms with Crippen LogP contribution in [0.5, 0.6) is 46.0 Å². The molecule has 10 nitrogen and oxygen atoms in total. The number of nitrogens with two attached hydrogens (primary N) is 1. The Bertz CT molecular complexity index is 1560. The van der Waals surface area contributed by atoms with Gasteiger partial charge in [0.15, 0.2) is 23.0 Å². The molecule has 0 aliphatic heterocycles. The minimum Gasteiger partial charge on any atom is -0.507 e. The second-order valence-corrected chi connectivity index (χ2v) is 10.2. The predicted octanol–water partition coefficient (Wildman–Crippen LogP) is 6.13. The number of hydrogen-bond acceptors (Lipinski definition) is 10. The topological polar surface area (TPSA) is 156 Å².